The maximum Gasteiger partial charge on any atom is 0.300 e. The number of anilines is 1. The van der Waals surface area contributed by atoms with Crippen LogP contribution < -0.4 is 10.6 Å². The van der Waals surface area contributed by atoms with E-state index in [0.29, 0.717) is 12.4 Å². The Morgan fingerprint density at radius 1 is 1.48 bits per heavy atom. The smallest absolute Gasteiger partial charge is 0.300 e. The third-order valence-corrected chi connectivity index (χ3v) is 3.57. The van der Waals surface area contributed by atoms with Gasteiger partial charge in [-0.05, 0) is 19.3 Å². The van der Waals surface area contributed by atoms with Crippen molar-refractivity contribution in [3.05, 3.63) is 27.9 Å². The Kier molecular flexibility index (Phi) is 5.08. The number of nitrogens with zero attached hydrogens (tertiary/aromatic N) is 2. The van der Waals surface area contributed by atoms with Crippen molar-refractivity contribution < 1.29 is 9.72 Å². The first-order valence-electron chi connectivity index (χ1n) is 7.31. The number of nitrogens with one attached hydrogen (secondary N) is 2. The molecule has 2 N–H and O–H groups in total. The quantitative estimate of drug-likeness (QED) is 0.620. The molecule has 0 unspecified atom stereocenters. The van der Waals surface area contributed by atoms with Crippen LogP contribution in [0.2, 0.25) is 0 Å². The molecule has 1 saturated carbocycles. The number of hydrogen-bond donors (Lipinski definition) is 2. The van der Waals surface area contributed by atoms with Crippen LogP contribution in [0.3, 0.4) is 0 Å². The predicted molar refractivity (Wildman–Crippen MR) is 79.4 cm³/mol. The van der Waals surface area contributed by atoms with Gasteiger partial charge in [-0.15, -0.1) is 0 Å². The minimum Gasteiger partial charge on any atom is -0.370 e. The predicted octanol–water partition coefficient (Wildman–Crippen LogP) is 2.48. The Morgan fingerprint density at radius 3 is 2.81 bits per heavy atom. The fourth-order valence-electron chi connectivity index (χ4n) is 2.46. The van der Waals surface area contributed by atoms with Crippen LogP contribution in [-0.4, -0.2) is 28.4 Å². The summed E-state index contributed by atoms with van der Waals surface area (Å²) in [5.74, 6) is 0.0922. The molecule has 2 rings (SSSR count). The molecule has 0 spiro atoms. The summed E-state index contributed by atoms with van der Waals surface area (Å²) >= 11 is 0. The molecule has 1 aliphatic carbocycles. The van der Waals surface area contributed by atoms with Crippen LogP contribution in [0.15, 0.2) is 12.3 Å². The Labute approximate surface area is 123 Å². The number of amides is 1. The molecular weight excluding hydrogens is 272 g/mol. The van der Waals surface area contributed by atoms with Gasteiger partial charge in [0, 0.05) is 18.7 Å². The molecule has 1 aromatic rings. The topological polar surface area (TPSA) is 97.2 Å². The largest absolute Gasteiger partial charge is 0.370 e. The van der Waals surface area contributed by atoms with Gasteiger partial charge in [0.2, 0.25) is 0 Å². The second-order valence-electron chi connectivity index (χ2n) is 5.23. The zero-order chi connectivity index (χ0) is 15.2. The lowest BCUT2D eigenvalue weighted by atomic mass is 10.1. The number of carbonyl (C=O) groups is 1. The van der Waals surface area contributed by atoms with E-state index in [2.05, 4.69) is 15.6 Å². The summed E-state index contributed by atoms with van der Waals surface area (Å²) in [6.07, 6.45) is 6.10. The molecule has 21 heavy (non-hydrogen) atoms. The van der Waals surface area contributed by atoms with E-state index in [9.17, 15) is 14.9 Å². The molecule has 1 aliphatic rings. The molecule has 0 radical (unpaired) electrons. The van der Waals surface area contributed by atoms with Crippen molar-refractivity contribution in [3.8, 4) is 0 Å². The average molecular weight is 292 g/mol. The molecule has 1 aromatic heterocycles. The first kappa shape index (κ1) is 15.2. The maximum absolute atomic E-state index is 12.3. The summed E-state index contributed by atoms with van der Waals surface area (Å²) in [4.78, 5) is 26.7. The summed E-state index contributed by atoms with van der Waals surface area (Å²) in [5, 5.41) is 17.0. The SMILES string of the molecule is CCCNc1cc(C(=O)NC2CCCC2)c([N+](=O)[O-])cn1. The molecule has 1 fully saturated rings. The molecule has 114 valence electrons. The van der Waals surface area contributed by atoms with Gasteiger partial charge in [0.1, 0.15) is 17.6 Å². The molecule has 0 bridgehead atoms. The lowest BCUT2D eigenvalue weighted by Crippen LogP contribution is -2.33. The molecule has 0 atom stereocenters. The molecule has 1 amide bonds. The van der Waals surface area contributed by atoms with Gasteiger partial charge in [-0.1, -0.05) is 19.8 Å². The summed E-state index contributed by atoms with van der Waals surface area (Å²) in [6, 6.07) is 1.58. The number of aromatic nitrogens is 1. The van der Waals surface area contributed by atoms with Gasteiger partial charge >= 0.3 is 0 Å². The van der Waals surface area contributed by atoms with Crippen molar-refractivity contribution in [2.24, 2.45) is 0 Å². The average Bonchev–Trinajstić information content (AvgIpc) is 2.97. The van der Waals surface area contributed by atoms with Gasteiger partial charge in [-0.3, -0.25) is 14.9 Å². The molecule has 7 nitrogen and oxygen atoms in total. The van der Waals surface area contributed by atoms with Crippen molar-refractivity contribution in [3.63, 3.8) is 0 Å². The normalized spacial score (nSPS) is 14.9. The molecule has 7 heteroatoms. The highest BCUT2D eigenvalue weighted by molar-refractivity contribution is 5.98. The van der Waals surface area contributed by atoms with Gasteiger partial charge in [-0.25, -0.2) is 4.98 Å². The molecular formula is C14H20N4O3. The lowest BCUT2D eigenvalue weighted by molar-refractivity contribution is -0.385. The molecule has 1 heterocycles. The van der Waals surface area contributed by atoms with Crippen LogP contribution in [0.25, 0.3) is 0 Å². The van der Waals surface area contributed by atoms with Crippen LogP contribution in [0.4, 0.5) is 11.5 Å². The van der Waals surface area contributed by atoms with Crippen LogP contribution in [0.5, 0.6) is 0 Å². The van der Waals surface area contributed by atoms with Crippen molar-refractivity contribution >= 4 is 17.4 Å². The summed E-state index contributed by atoms with van der Waals surface area (Å²) in [6.45, 7) is 2.71. The Balaban J connectivity index is 2.20. The Bertz CT molecular complexity index is 527. The fraction of sp³-hybridized carbons (Fsp3) is 0.571. The first-order chi connectivity index (χ1) is 10.1. The highest BCUT2D eigenvalue weighted by Crippen LogP contribution is 2.22. The second-order valence-corrected chi connectivity index (χ2v) is 5.23. The first-order valence-corrected chi connectivity index (χ1v) is 7.31. The number of nitro groups is 1. The van der Waals surface area contributed by atoms with Gasteiger partial charge in [-0.2, -0.15) is 0 Å². The maximum atomic E-state index is 12.3. The van der Waals surface area contributed by atoms with E-state index in [4.69, 9.17) is 0 Å². The van der Waals surface area contributed by atoms with E-state index in [-0.39, 0.29) is 17.3 Å². The molecule has 0 aromatic carbocycles. The van der Waals surface area contributed by atoms with Crippen molar-refractivity contribution in [1.82, 2.24) is 10.3 Å². The molecule has 0 saturated heterocycles. The Hall–Kier alpha value is -2.18. The molecule has 0 aliphatic heterocycles. The van der Waals surface area contributed by atoms with Gasteiger partial charge in [0.05, 0.1) is 4.92 Å². The standard InChI is InChI=1S/C14H20N4O3/c1-2-7-15-13-8-11(12(9-16-13)18(20)21)14(19)17-10-5-3-4-6-10/h8-10H,2-7H2,1H3,(H,15,16)(H,17,19). The zero-order valence-electron chi connectivity index (χ0n) is 12.1. The highest BCUT2D eigenvalue weighted by atomic mass is 16.6. The van der Waals surface area contributed by atoms with E-state index in [0.717, 1.165) is 38.3 Å². The Morgan fingerprint density at radius 2 is 2.19 bits per heavy atom. The third-order valence-electron chi connectivity index (χ3n) is 3.57. The van der Waals surface area contributed by atoms with E-state index < -0.39 is 10.8 Å². The minimum absolute atomic E-state index is 0.0699. The van der Waals surface area contributed by atoms with Crippen molar-refractivity contribution in [1.29, 1.82) is 0 Å². The van der Waals surface area contributed by atoms with Crippen molar-refractivity contribution in [2.75, 3.05) is 11.9 Å². The number of rotatable bonds is 6. The highest BCUT2D eigenvalue weighted by Gasteiger charge is 2.25. The number of pyridine rings is 1. The number of carbonyl (C=O) groups excluding carboxylic acids is 1. The summed E-state index contributed by atoms with van der Waals surface area (Å²) in [7, 11) is 0. The minimum atomic E-state index is -0.569. The van der Waals surface area contributed by atoms with E-state index in [1.807, 2.05) is 6.92 Å². The summed E-state index contributed by atoms with van der Waals surface area (Å²) < 4.78 is 0. The lowest BCUT2D eigenvalue weighted by Gasteiger charge is -2.12. The fourth-order valence-corrected chi connectivity index (χ4v) is 2.46. The van der Waals surface area contributed by atoms with E-state index in [1.54, 1.807) is 0 Å². The third kappa shape index (κ3) is 3.90. The zero-order valence-corrected chi connectivity index (χ0v) is 12.1. The van der Waals surface area contributed by atoms with Gasteiger partial charge in [0.15, 0.2) is 0 Å². The monoisotopic (exact) mass is 292 g/mol. The summed E-state index contributed by atoms with van der Waals surface area (Å²) in [5.41, 5.74) is -0.187. The number of hydrogen-bond acceptors (Lipinski definition) is 5. The van der Waals surface area contributed by atoms with Crippen LogP contribution in [0.1, 0.15) is 49.4 Å². The van der Waals surface area contributed by atoms with E-state index >= 15 is 0 Å². The van der Waals surface area contributed by atoms with E-state index in [1.165, 1.54) is 6.07 Å². The van der Waals surface area contributed by atoms with Crippen molar-refractivity contribution in [2.45, 2.75) is 45.1 Å². The van der Waals surface area contributed by atoms with Crippen LogP contribution >= 0.6 is 0 Å². The van der Waals surface area contributed by atoms with Gasteiger partial charge < -0.3 is 10.6 Å². The second kappa shape index (κ2) is 7.01. The van der Waals surface area contributed by atoms with Crippen LogP contribution in [-0.2, 0) is 0 Å². The van der Waals surface area contributed by atoms with Gasteiger partial charge in [0.25, 0.3) is 11.6 Å². The van der Waals surface area contributed by atoms with Crippen LogP contribution in [0, 0.1) is 10.1 Å².